The zero-order chi connectivity index (χ0) is 25.1. The van der Waals surface area contributed by atoms with Crippen molar-refractivity contribution in [3.63, 3.8) is 0 Å². The van der Waals surface area contributed by atoms with Gasteiger partial charge in [-0.25, -0.2) is 13.8 Å². The minimum atomic E-state index is -3.92. The van der Waals surface area contributed by atoms with Crippen LogP contribution in [0.4, 0.5) is 0 Å². The molecule has 0 heterocycles. The second kappa shape index (κ2) is 12.8. The Hall–Kier alpha value is -3.49. The van der Waals surface area contributed by atoms with Gasteiger partial charge in [0, 0.05) is 5.56 Å². The topological polar surface area (TPSA) is 96.9 Å². The number of amides is 1. The van der Waals surface area contributed by atoms with Gasteiger partial charge in [-0.1, -0.05) is 73.5 Å². The van der Waals surface area contributed by atoms with E-state index in [9.17, 15) is 13.2 Å². The highest BCUT2D eigenvalue weighted by Gasteiger charge is 2.26. The third-order valence-corrected chi connectivity index (χ3v) is 6.77. The van der Waals surface area contributed by atoms with Gasteiger partial charge in [-0.05, 0) is 49.6 Å². The van der Waals surface area contributed by atoms with Crippen molar-refractivity contribution in [3.05, 3.63) is 95.6 Å². The number of rotatable bonds is 12. The summed E-state index contributed by atoms with van der Waals surface area (Å²) in [6.07, 6.45) is 3.62. The maximum Gasteiger partial charge on any atom is 0.258 e. The molecule has 0 aliphatic carbocycles. The average molecular weight is 494 g/mol. The molecule has 1 amide bonds. The average Bonchev–Trinajstić information content (AvgIpc) is 2.85. The van der Waals surface area contributed by atoms with Gasteiger partial charge in [0.15, 0.2) is 0 Å². The fraction of sp³-hybridized carbons (Fsp3) is 0.259. The van der Waals surface area contributed by atoms with Crippen molar-refractivity contribution in [1.82, 2.24) is 10.1 Å². The van der Waals surface area contributed by atoms with Crippen molar-refractivity contribution in [2.24, 2.45) is 5.10 Å². The van der Waals surface area contributed by atoms with Crippen LogP contribution in [-0.2, 0) is 21.2 Å². The lowest BCUT2D eigenvalue weighted by Crippen LogP contribution is -2.46. The molecule has 3 aromatic carbocycles. The van der Waals surface area contributed by atoms with Crippen LogP contribution < -0.4 is 14.9 Å². The van der Waals surface area contributed by atoms with Crippen LogP contribution in [-0.4, -0.2) is 33.2 Å². The van der Waals surface area contributed by atoms with Crippen LogP contribution in [0, 0.1) is 6.92 Å². The molecule has 0 unspecified atom stereocenters. The summed E-state index contributed by atoms with van der Waals surface area (Å²) in [7, 11) is -3.92. The van der Waals surface area contributed by atoms with Crippen LogP contribution in [0.1, 0.15) is 36.5 Å². The second-order valence-corrected chi connectivity index (χ2v) is 9.86. The highest BCUT2D eigenvalue weighted by Crippen LogP contribution is 2.16. The number of aryl methyl sites for hydroxylation is 1. The Morgan fingerprint density at radius 3 is 2.40 bits per heavy atom. The number of hydrazone groups is 1. The Balaban J connectivity index is 1.75. The number of nitrogens with zero attached hydrogens (tertiary/aromatic N) is 1. The monoisotopic (exact) mass is 493 g/mol. The first kappa shape index (κ1) is 26.1. The van der Waals surface area contributed by atoms with E-state index in [0.29, 0.717) is 17.9 Å². The molecule has 0 saturated heterocycles. The Morgan fingerprint density at radius 1 is 1.00 bits per heavy atom. The van der Waals surface area contributed by atoms with E-state index in [4.69, 9.17) is 4.74 Å². The fourth-order valence-corrected chi connectivity index (χ4v) is 4.49. The van der Waals surface area contributed by atoms with Crippen molar-refractivity contribution in [1.29, 1.82) is 0 Å². The molecule has 0 aromatic heterocycles. The van der Waals surface area contributed by atoms with Crippen LogP contribution in [0.3, 0.4) is 0 Å². The number of carbonyl (C=O) groups excluding carboxylic acids is 1. The van der Waals surface area contributed by atoms with Gasteiger partial charge < -0.3 is 4.74 Å². The van der Waals surface area contributed by atoms with Crippen molar-refractivity contribution in [3.8, 4) is 5.75 Å². The smallest absolute Gasteiger partial charge is 0.258 e. The lowest BCUT2D eigenvalue weighted by molar-refractivity contribution is -0.122. The largest absolute Gasteiger partial charge is 0.493 e. The van der Waals surface area contributed by atoms with Crippen molar-refractivity contribution < 1.29 is 17.9 Å². The first-order chi connectivity index (χ1) is 16.9. The van der Waals surface area contributed by atoms with Gasteiger partial charge in [0.25, 0.3) is 5.91 Å². The fourth-order valence-electron chi connectivity index (χ4n) is 3.30. The van der Waals surface area contributed by atoms with E-state index in [-0.39, 0.29) is 11.3 Å². The molecule has 1 atom stereocenters. The molecule has 0 aliphatic heterocycles. The van der Waals surface area contributed by atoms with E-state index in [0.717, 1.165) is 24.0 Å². The molecule has 0 bridgehead atoms. The summed E-state index contributed by atoms with van der Waals surface area (Å²) in [5.41, 5.74) is 4.95. The van der Waals surface area contributed by atoms with Crippen molar-refractivity contribution in [2.45, 2.75) is 44.0 Å². The molecule has 2 N–H and O–H groups in total. The number of sulfonamides is 1. The number of hydrogen-bond acceptors (Lipinski definition) is 5. The Morgan fingerprint density at radius 2 is 1.69 bits per heavy atom. The molecule has 8 heteroatoms. The molecular formula is C27H31N3O4S. The number of unbranched alkanes of at least 4 members (excludes halogenated alkanes) is 1. The first-order valence-corrected chi connectivity index (χ1v) is 13.0. The maximum absolute atomic E-state index is 13.0. The van der Waals surface area contributed by atoms with Gasteiger partial charge in [-0.2, -0.15) is 9.82 Å². The zero-order valence-electron chi connectivity index (χ0n) is 20.0. The van der Waals surface area contributed by atoms with Crippen LogP contribution in [0.5, 0.6) is 5.75 Å². The SMILES string of the molecule is CCCCOc1ccccc1/C=N\NC(=O)[C@H](Cc1ccccc1)NS(=O)(=O)c1ccc(C)cc1. The highest BCUT2D eigenvalue weighted by atomic mass is 32.2. The van der Waals surface area contributed by atoms with Crippen molar-refractivity contribution >= 4 is 22.1 Å². The maximum atomic E-state index is 13.0. The molecule has 0 aliphatic rings. The van der Waals surface area contributed by atoms with E-state index < -0.39 is 22.0 Å². The van der Waals surface area contributed by atoms with Crippen LogP contribution in [0.25, 0.3) is 0 Å². The standard InChI is InChI=1S/C27H31N3O4S/c1-3-4-18-34-26-13-9-8-12-23(26)20-28-29-27(31)25(19-22-10-6-5-7-11-22)30-35(32,33)24-16-14-21(2)15-17-24/h5-17,20,25,30H,3-4,18-19H2,1-2H3,(H,29,31)/b28-20-/t25-/m0/s1. The van der Waals surface area contributed by atoms with Crippen LogP contribution >= 0.6 is 0 Å². The number of carbonyl (C=O) groups is 1. The van der Waals surface area contributed by atoms with E-state index >= 15 is 0 Å². The number of hydrogen-bond donors (Lipinski definition) is 2. The van der Waals surface area contributed by atoms with E-state index in [1.807, 2.05) is 61.5 Å². The lowest BCUT2D eigenvalue weighted by atomic mass is 10.1. The molecule has 35 heavy (non-hydrogen) atoms. The predicted octanol–water partition coefficient (Wildman–Crippen LogP) is 4.21. The molecule has 7 nitrogen and oxygen atoms in total. The van der Waals surface area contributed by atoms with Crippen molar-refractivity contribution in [2.75, 3.05) is 6.61 Å². The Bertz CT molecular complexity index is 1230. The summed E-state index contributed by atoms with van der Waals surface area (Å²) in [6, 6.07) is 22.0. The van der Waals surface area contributed by atoms with Gasteiger partial charge in [-0.15, -0.1) is 0 Å². The van der Waals surface area contributed by atoms with Gasteiger partial charge in [-0.3, -0.25) is 4.79 Å². The third-order valence-electron chi connectivity index (χ3n) is 5.28. The predicted molar refractivity (Wildman–Crippen MR) is 138 cm³/mol. The highest BCUT2D eigenvalue weighted by molar-refractivity contribution is 7.89. The van der Waals surface area contributed by atoms with Crippen LogP contribution in [0.15, 0.2) is 88.9 Å². The van der Waals surface area contributed by atoms with E-state index in [1.165, 1.54) is 18.3 Å². The normalized spacial score (nSPS) is 12.4. The Kier molecular flexibility index (Phi) is 9.57. The number of para-hydroxylation sites is 1. The molecule has 0 radical (unpaired) electrons. The van der Waals surface area contributed by atoms with Gasteiger partial charge in [0.05, 0.1) is 17.7 Å². The number of nitrogens with one attached hydrogen (secondary N) is 2. The minimum absolute atomic E-state index is 0.0932. The quantitative estimate of drug-likeness (QED) is 0.224. The molecular weight excluding hydrogens is 462 g/mol. The zero-order valence-corrected chi connectivity index (χ0v) is 20.8. The second-order valence-electron chi connectivity index (χ2n) is 8.15. The number of benzene rings is 3. The van der Waals surface area contributed by atoms with Gasteiger partial charge in [0.1, 0.15) is 11.8 Å². The number of ether oxygens (including phenoxy) is 1. The third kappa shape index (κ3) is 8.05. The Labute approximate surface area is 207 Å². The summed E-state index contributed by atoms with van der Waals surface area (Å²) in [5, 5.41) is 4.07. The van der Waals surface area contributed by atoms with E-state index in [2.05, 4.69) is 22.2 Å². The minimum Gasteiger partial charge on any atom is -0.493 e. The molecule has 3 rings (SSSR count). The summed E-state index contributed by atoms with van der Waals surface area (Å²) in [4.78, 5) is 13.1. The lowest BCUT2D eigenvalue weighted by Gasteiger charge is -2.17. The summed E-state index contributed by atoms with van der Waals surface area (Å²) in [5.74, 6) is 0.102. The molecule has 3 aromatic rings. The summed E-state index contributed by atoms with van der Waals surface area (Å²) >= 11 is 0. The molecule has 184 valence electrons. The van der Waals surface area contributed by atoms with Crippen LogP contribution in [0.2, 0.25) is 0 Å². The summed E-state index contributed by atoms with van der Waals surface area (Å²) in [6.45, 7) is 4.55. The molecule has 0 fully saturated rings. The summed E-state index contributed by atoms with van der Waals surface area (Å²) < 4.78 is 34.3. The first-order valence-electron chi connectivity index (χ1n) is 11.6. The van der Waals surface area contributed by atoms with Gasteiger partial charge >= 0.3 is 0 Å². The van der Waals surface area contributed by atoms with E-state index in [1.54, 1.807) is 12.1 Å². The molecule has 0 spiro atoms. The molecule has 0 saturated carbocycles. The van der Waals surface area contributed by atoms with Gasteiger partial charge in [0.2, 0.25) is 10.0 Å².